The number of benzene rings is 1. The second kappa shape index (κ2) is 5.82. The lowest BCUT2D eigenvalue weighted by Crippen LogP contribution is -2.35. The summed E-state index contributed by atoms with van der Waals surface area (Å²) in [5, 5.41) is 9.76. The smallest absolute Gasteiger partial charge is 0.257 e. The Balaban J connectivity index is 2.83. The molecule has 0 radical (unpaired) electrons. The molecule has 1 rings (SSSR count). The van der Waals surface area contributed by atoms with Crippen LogP contribution in [0.25, 0.3) is 0 Å². The number of phenols is 1. The molecule has 0 heterocycles. The summed E-state index contributed by atoms with van der Waals surface area (Å²) in [4.78, 5) is 14.0. The summed E-state index contributed by atoms with van der Waals surface area (Å²) in [7, 11) is 1.66. The average Bonchev–Trinajstić information content (AvgIpc) is 2.27. The van der Waals surface area contributed by atoms with E-state index in [2.05, 4.69) is 0 Å². The van der Waals surface area contributed by atoms with Gasteiger partial charge < -0.3 is 15.7 Å². The lowest BCUT2D eigenvalue weighted by molar-refractivity contribution is 0.0784. The molecule has 1 atom stereocenters. The van der Waals surface area contributed by atoms with Crippen LogP contribution < -0.4 is 5.73 Å². The Morgan fingerprint density at radius 2 is 2.17 bits per heavy atom. The van der Waals surface area contributed by atoms with E-state index in [-0.39, 0.29) is 17.6 Å². The van der Waals surface area contributed by atoms with Gasteiger partial charge in [0.05, 0.1) is 10.6 Å². The molecule has 0 aliphatic heterocycles. The van der Waals surface area contributed by atoms with Gasteiger partial charge in [0.25, 0.3) is 5.91 Å². The molecule has 98 valence electrons. The summed E-state index contributed by atoms with van der Waals surface area (Å²) in [6, 6.07) is 4.98. The van der Waals surface area contributed by atoms with E-state index < -0.39 is 0 Å². The number of nitrogens with two attached hydrogens (primary N) is 1. The van der Waals surface area contributed by atoms with Crippen LogP contribution in [0.5, 0.6) is 5.75 Å². The van der Waals surface area contributed by atoms with Crippen molar-refractivity contribution in [2.75, 3.05) is 13.6 Å². The summed E-state index contributed by atoms with van der Waals surface area (Å²) < 4.78 is 0. The van der Waals surface area contributed by atoms with Crippen LogP contribution in [0.15, 0.2) is 18.2 Å². The molecule has 1 unspecified atom stereocenters. The maximum absolute atomic E-state index is 12.1. The zero-order chi connectivity index (χ0) is 13.9. The van der Waals surface area contributed by atoms with Gasteiger partial charge in [-0.25, -0.2) is 0 Å². The van der Waals surface area contributed by atoms with Crippen LogP contribution in [0, 0.1) is 12.8 Å². The molecule has 0 fully saturated rings. The Bertz CT molecular complexity index is 474. The zero-order valence-corrected chi connectivity index (χ0v) is 11.6. The predicted octanol–water partition coefficient (Wildman–Crippen LogP) is 1.69. The number of phenolic OH excluding ortho intramolecular Hbond substituents is 1. The molecular formula is C13H18N2O2S. The van der Waals surface area contributed by atoms with Gasteiger partial charge in [-0.2, -0.15) is 0 Å². The van der Waals surface area contributed by atoms with Crippen LogP contribution in [0.4, 0.5) is 0 Å². The Labute approximate surface area is 112 Å². The van der Waals surface area contributed by atoms with Crippen LogP contribution in [0.3, 0.4) is 0 Å². The van der Waals surface area contributed by atoms with Crippen molar-refractivity contribution in [3.8, 4) is 5.75 Å². The largest absolute Gasteiger partial charge is 0.507 e. The van der Waals surface area contributed by atoms with Gasteiger partial charge >= 0.3 is 0 Å². The lowest BCUT2D eigenvalue weighted by atomic mass is 10.1. The minimum Gasteiger partial charge on any atom is -0.507 e. The van der Waals surface area contributed by atoms with E-state index >= 15 is 0 Å². The molecule has 0 spiro atoms. The number of nitrogens with zero attached hydrogens (tertiary/aromatic N) is 1. The van der Waals surface area contributed by atoms with Crippen LogP contribution in [-0.4, -0.2) is 34.5 Å². The summed E-state index contributed by atoms with van der Waals surface area (Å²) in [5.74, 6) is -0.299. The predicted molar refractivity (Wildman–Crippen MR) is 75.8 cm³/mol. The third kappa shape index (κ3) is 3.43. The molecule has 1 amide bonds. The Morgan fingerprint density at radius 1 is 1.56 bits per heavy atom. The quantitative estimate of drug-likeness (QED) is 0.814. The van der Waals surface area contributed by atoms with Gasteiger partial charge in [0.2, 0.25) is 0 Å². The van der Waals surface area contributed by atoms with Crippen molar-refractivity contribution in [1.82, 2.24) is 4.90 Å². The molecule has 0 saturated heterocycles. The molecule has 4 nitrogen and oxygen atoms in total. The van der Waals surface area contributed by atoms with E-state index in [0.29, 0.717) is 17.1 Å². The zero-order valence-electron chi connectivity index (χ0n) is 10.8. The highest BCUT2D eigenvalue weighted by atomic mass is 32.1. The van der Waals surface area contributed by atoms with Gasteiger partial charge in [-0.1, -0.05) is 25.2 Å². The Hall–Kier alpha value is -1.62. The molecule has 18 heavy (non-hydrogen) atoms. The number of thiocarbonyl (C=S) groups is 1. The van der Waals surface area contributed by atoms with Crippen molar-refractivity contribution < 1.29 is 9.90 Å². The topological polar surface area (TPSA) is 66.6 Å². The summed E-state index contributed by atoms with van der Waals surface area (Å²) in [5.41, 5.74) is 6.71. The Kier molecular flexibility index (Phi) is 4.67. The number of carbonyl (C=O) groups is 1. The molecule has 5 heteroatoms. The number of aromatic hydroxyl groups is 1. The maximum Gasteiger partial charge on any atom is 0.257 e. The van der Waals surface area contributed by atoms with Crippen molar-refractivity contribution in [3.63, 3.8) is 0 Å². The first-order valence-electron chi connectivity index (χ1n) is 5.67. The second-order valence-electron chi connectivity index (χ2n) is 4.51. The Morgan fingerprint density at radius 3 is 2.67 bits per heavy atom. The highest BCUT2D eigenvalue weighted by Gasteiger charge is 2.18. The number of rotatable bonds is 4. The fourth-order valence-corrected chi connectivity index (χ4v) is 1.69. The average molecular weight is 266 g/mol. The second-order valence-corrected chi connectivity index (χ2v) is 4.98. The number of hydrogen-bond acceptors (Lipinski definition) is 3. The summed E-state index contributed by atoms with van der Waals surface area (Å²) in [6.45, 7) is 4.15. The van der Waals surface area contributed by atoms with Crippen molar-refractivity contribution in [1.29, 1.82) is 0 Å². The molecule has 0 bridgehead atoms. The highest BCUT2D eigenvalue weighted by Crippen LogP contribution is 2.20. The van der Waals surface area contributed by atoms with Gasteiger partial charge in [0, 0.05) is 19.5 Å². The molecule has 0 aliphatic carbocycles. The standard InChI is InChI=1S/C13H18N2O2S/c1-8-4-5-10(11(16)6-8)13(17)15(3)7-9(2)12(14)18/h4-6,9,16H,7H2,1-3H3,(H2,14,18). The fourth-order valence-electron chi connectivity index (χ4n) is 1.61. The van der Waals surface area contributed by atoms with E-state index in [9.17, 15) is 9.90 Å². The van der Waals surface area contributed by atoms with Crippen LogP contribution in [-0.2, 0) is 0 Å². The van der Waals surface area contributed by atoms with Gasteiger partial charge in [-0.05, 0) is 24.6 Å². The lowest BCUT2D eigenvalue weighted by Gasteiger charge is -2.21. The molecule has 3 N–H and O–H groups in total. The number of aryl methyl sites for hydroxylation is 1. The number of carbonyl (C=O) groups excluding carboxylic acids is 1. The molecule has 1 aromatic carbocycles. The first-order chi connectivity index (χ1) is 8.32. The summed E-state index contributed by atoms with van der Waals surface area (Å²) in [6.07, 6.45) is 0. The molecule has 1 aromatic rings. The third-order valence-corrected chi connectivity index (χ3v) is 3.17. The first kappa shape index (κ1) is 14.4. The van der Waals surface area contributed by atoms with Gasteiger partial charge in [0.1, 0.15) is 5.75 Å². The van der Waals surface area contributed by atoms with Crippen molar-refractivity contribution in [3.05, 3.63) is 29.3 Å². The van der Waals surface area contributed by atoms with E-state index in [0.717, 1.165) is 5.56 Å². The molecular weight excluding hydrogens is 248 g/mol. The fraction of sp³-hybridized carbons (Fsp3) is 0.385. The molecule has 0 aliphatic rings. The van der Waals surface area contributed by atoms with Crippen molar-refractivity contribution >= 4 is 23.1 Å². The number of amides is 1. The van der Waals surface area contributed by atoms with Crippen LogP contribution >= 0.6 is 12.2 Å². The highest BCUT2D eigenvalue weighted by molar-refractivity contribution is 7.80. The molecule has 0 aromatic heterocycles. The van der Waals surface area contributed by atoms with Gasteiger partial charge in [-0.15, -0.1) is 0 Å². The first-order valence-corrected chi connectivity index (χ1v) is 6.08. The van der Waals surface area contributed by atoms with E-state index in [1.165, 1.54) is 4.90 Å². The minimum atomic E-state index is -0.240. The normalized spacial score (nSPS) is 11.9. The van der Waals surface area contributed by atoms with Gasteiger partial charge in [-0.3, -0.25) is 4.79 Å². The van der Waals surface area contributed by atoms with Crippen molar-refractivity contribution in [2.24, 2.45) is 11.7 Å². The molecule has 0 saturated carbocycles. The van der Waals surface area contributed by atoms with Crippen LogP contribution in [0.1, 0.15) is 22.8 Å². The van der Waals surface area contributed by atoms with E-state index in [4.69, 9.17) is 18.0 Å². The van der Waals surface area contributed by atoms with Crippen LogP contribution in [0.2, 0.25) is 0 Å². The monoisotopic (exact) mass is 266 g/mol. The summed E-state index contributed by atoms with van der Waals surface area (Å²) >= 11 is 4.87. The minimum absolute atomic E-state index is 0.00479. The maximum atomic E-state index is 12.1. The third-order valence-electron chi connectivity index (χ3n) is 2.76. The van der Waals surface area contributed by atoms with Crippen molar-refractivity contribution in [2.45, 2.75) is 13.8 Å². The SMILES string of the molecule is Cc1ccc(C(=O)N(C)CC(C)C(N)=S)c(O)c1. The number of hydrogen-bond donors (Lipinski definition) is 2. The van der Waals surface area contributed by atoms with E-state index in [1.54, 1.807) is 25.2 Å². The van der Waals surface area contributed by atoms with Gasteiger partial charge in [0.15, 0.2) is 0 Å². The van der Waals surface area contributed by atoms with E-state index in [1.807, 2.05) is 13.8 Å².